The average Bonchev–Trinajstić information content (AvgIpc) is 2.76. The maximum Gasteiger partial charge on any atom is 0.573 e. The van der Waals surface area contributed by atoms with E-state index in [1.165, 1.54) is 6.07 Å². The Labute approximate surface area is 151 Å². The van der Waals surface area contributed by atoms with Gasteiger partial charge in [-0.15, -0.1) is 13.2 Å². The third kappa shape index (κ3) is 3.55. The lowest BCUT2D eigenvalue weighted by Crippen LogP contribution is -2.17. The molecule has 0 atom stereocenters. The van der Waals surface area contributed by atoms with Crippen molar-refractivity contribution in [3.05, 3.63) is 66.5 Å². The summed E-state index contributed by atoms with van der Waals surface area (Å²) in [7, 11) is 0. The van der Waals surface area contributed by atoms with Gasteiger partial charge in [-0.05, 0) is 47.5 Å². The van der Waals surface area contributed by atoms with E-state index in [0.717, 1.165) is 23.3 Å². The highest BCUT2D eigenvalue weighted by Crippen LogP contribution is 2.39. The van der Waals surface area contributed by atoms with E-state index in [9.17, 15) is 18.0 Å². The molecule has 1 aromatic heterocycles. The molecular weight excluding hydrogens is 361 g/mol. The third-order valence-corrected chi connectivity index (χ3v) is 3.89. The highest BCUT2D eigenvalue weighted by atomic mass is 19.4. The minimum absolute atomic E-state index is 0.0865. The van der Waals surface area contributed by atoms with Crippen molar-refractivity contribution in [2.24, 2.45) is 0 Å². The van der Waals surface area contributed by atoms with Gasteiger partial charge in [0.2, 0.25) is 0 Å². The molecule has 0 unspecified atom stereocenters. The Bertz CT molecular complexity index is 1020. The number of aromatic nitrogens is 1. The van der Waals surface area contributed by atoms with Gasteiger partial charge in [-0.2, -0.15) is 0 Å². The molecule has 4 rings (SSSR count). The number of ether oxygens (including phenoxy) is 2. The summed E-state index contributed by atoms with van der Waals surface area (Å²) in [6.07, 6.45) is -1.56. The maximum atomic E-state index is 12.6. The number of hydrogen-bond acceptors (Lipinski definition) is 4. The first-order valence-corrected chi connectivity index (χ1v) is 7.82. The van der Waals surface area contributed by atoms with Gasteiger partial charge in [-0.1, -0.05) is 6.07 Å². The number of hydrogen-bond donors (Lipinski definition) is 1. The molecular formula is C19H11F3N2O3. The molecule has 5 nitrogen and oxygen atoms in total. The van der Waals surface area contributed by atoms with Crippen molar-refractivity contribution in [2.75, 3.05) is 5.32 Å². The zero-order valence-electron chi connectivity index (χ0n) is 13.6. The van der Waals surface area contributed by atoms with Gasteiger partial charge >= 0.3 is 6.36 Å². The van der Waals surface area contributed by atoms with Crippen molar-refractivity contribution in [1.29, 1.82) is 0 Å². The van der Waals surface area contributed by atoms with E-state index in [4.69, 9.17) is 4.74 Å². The van der Waals surface area contributed by atoms with Crippen molar-refractivity contribution in [3.63, 3.8) is 0 Å². The minimum Gasteiger partial charge on any atom is -0.454 e. The first kappa shape index (κ1) is 16.9. The van der Waals surface area contributed by atoms with Crippen LogP contribution in [0.4, 0.5) is 18.9 Å². The fourth-order valence-electron chi connectivity index (χ4n) is 2.72. The predicted molar refractivity (Wildman–Crippen MR) is 90.8 cm³/mol. The first-order chi connectivity index (χ1) is 12.9. The minimum atomic E-state index is -4.83. The fourth-order valence-corrected chi connectivity index (χ4v) is 2.72. The molecule has 2 heterocycles. The van der Waals surface area contributed by atoms with Gasteiger partial charge in [-0.25, -0.2) is 0 Å². The Morgan fingerprint density at radius 3 is 2.41 bits per heavy atom. The van der Waals surface area contributed by atoms with Crippen molar-refractivity contribution in [2.45, 2.75) is 6.36 Å². The van der Waals surface area contributed by atoms with Crippen LogP contribution in [0.1, 0.15) is 10.4 Å². The highest BCUT2D eigenvalue weighted by Gasteiger charge is 2.32. The zero-order chi connectivity index (χ0) is 19.0. The number of fused-ring (bicyclic) bond motifs is 2. The summed E-state index contributed by atoms with van der Waals surface area (Å²) in [4.78, 5) is 16.5. The number of pyridine rings is 1. The predicted octanol–water partition coefficient (Wildman–Crippen LogP) is 5.01. The largest absolute Gasteiger partial charge is 0.573 e. The Morgan fingerprint density at radius 1 is 0.926 bits per heavy atom. The molecule has 3 aromatic rings. The van der Waals surface area contributed by atoms with Gasteiger partial charge < -0.3 is 14.8 Å². The van der Waals surface area contributed by atoms with Crippen LogP contribution in [0, 0.1) is 0 Å². The second-order valence-corrected chi connectivity index (χ2v) is 5.71. The molecule has 0 radical (unpaired) electrons. The SMILES string of the molecule is O=C1Nc2cc(OC(F)(F)F)ccc2Oc2ccc(-c3ccncc3)cc21. The van der Waals surface area contributed by atoms with E-state index in [1.54, 1.807) is 42.7 Å². The molecule has 2 aromatic carbocycles. The summed E-state index contributed by atoms with van der Waals surface area (Å²) in [5.41, 5.74) is 1.99. The monoisotopic (exact) mass is 372 g/mol. The number of amides is 1. The zero-order valence-corrected chi connectivity index (χ0v) is 13.6. The molecule has 27 heavy (non-hydrogen) atoms. The number of halogens is 3. The third-order valence-electron chi connectivity index (χ3n) is 3.89. The Hall–Kier alpha value is -3.55. The number of nitrogens with one attached hydrogen (secondary N) is 1. The van der Waals surface area contributed by atoms with Crippen molar-refractivity contribution in [1.82, 2.24) is 4.98 Å². The molecule has 0 saturated heterocycles. The molecule has 1 N–H and O–H groups in total. The van der Waals surface area contributed by atoms with Gasteiger partial charge in [0.05, 0.1) is 11.3 Å². The molecule has 1 aliphatic heterocycles. The molecule has 1 aliphatic rings. The number of alkyl halides is 3. The van der Waals surface area contributed by atoms with Crippen molar-refractivity contribution >= 4 is 11.6 Å². The molecule has 136 valence electrons. The number of carbonyl (C=O) groups is 1. The number of benzene rings is 2. The van der Waals surface area contributed by atoms with Crippen LogP contribution in [-0.2, 0) is 0 Å². The van der Waals surface area contributed by atoms with E-state index in [0.29, 0.717) is 5.75 Å². The molecule has 0 bridgehead atoms. The van der Waals surface area contributed by atoms with Crippen LogP contribution < -0.4 is 14.8 Å². The van der Waals surface area contributed by atoms with Crippen LogP contribution in [0.25, 0.3) is 11.1 Å². The van der Waals surface area contributed by atoms with Crippen LogP contribution >= 0.6 is 0 Å². The van der Waals surface area contributed by atoms with Gasteiger partial charge in [-0.3, -0.25) is 9.78 Å². The van der Waals surface area contributed by atoms with Gasteiger partial charge in [0.1, 0.15) is 11.5 Å². The van der Waals surface area contributed by atoms with Crippen LogP contribution in [0.5, 0.6) is 17.2 Å². The number of rotatable bonds is 2. The number of anilines is 1. The smallest absolute Gasteiger partial charge is 0.454 e. The standard InChI is InChI=1S/C19H11F3N2O3/c20-19(21,22)27-13-2-4-17-15(10-13)24-18(25)14-9-12(1-3-16(14)26-17)11-5-7-23-8-6-11/h1-10H,(H,24,25). The van der Waals surface area contributed by atoms with E-state index in [1.807, 2.05) is 0 Å². The Kier molecular flexibility index (Phi) is 3.95. The molecule has 0 fully saturated rings. The first-order valence-electron chi connectivity index (χ1n) is 7.82. The molecule has 8 heteroatoms. The van der Waals surface area contributed by atoms with E-state index in [2.05, 4.69) is 15.0 Å². The maximum absolute atomic E-state index is 12.6. The molecule has 1 amide bonds. The van der Waals surface area contributed by atoms with Crippen LogP contribution in [0.3, 0.4) is 0 Å². The van der Waals surface area contributed by atoms with Gasteiger partial charge in [0.25, 0.3) is 5.91 Å². The lowest BCUT2D eigenvalue weighted by molar-refractivity contribution is -0.274. The summed E-state index contributed by atoms with van der Waals surface area (Å²) >= 11 is 0. The van der Waals surface area contributed by atoms with Crippen LogP contribution in [0.15, 0.2) is 60.9 Å². The van der Waals surface area contributed by atoms with Crippen molar-refractivity contribution in [3.8, 4) is 28.4 Å². The van der Waals surface area contributed by atoms with Gasteiger partial charge in [0, 0.05) is 18.5 Å². The van der Waals surface area contributed by atoms with E-state index < -0.39 is 18.0 Å². The Morgan fingerprint density at radius 2 is 1.67 bits per heavy atom. The second-order valence-electron chi connectivity index (χ2n) is 5.71. The summed E-state index contributed by atoms with van der Waals surface area (Å²) in [5.74, 6) is -0.431. The summed E-state index contributed by atoms with van der Waals surface area (Å²) in [5, 5.41) is 2.56. The Balaban J connectivity index is 1.70. The van der Waals surface area contributed by atoms with E-state index in [-0.39, 0.29) is 17.0 Å². The average molecular weight is 372 g/mol. The second kappa shape index (κ2) is 6.31. The molecule has 0 spiro atoms. The lowest BCUT2D eigenvalue weighted by Gasteiger charge is -2.12. The van der Waals surface area contributed by atoms with Crippen LogP contribution in [-0.4, -0.2) is 17.3 Å². The quantitative estimate of drug-likeness (QED) is 0.687. The molecule has 0 aliphatic carbocycles. The topological polar surface area (TPSA) is 60.5 Å². The van der Waals surface area contributed by atoms with Crippen molar-refractivity contribution < 1.29 is 27.4 Å². The summed E-state index contributed by atoms with van der Waals surface area (Å²) < 4.78 is 46.8. The number of carbonyl (C=O) groups excluding carboxylic acids is 1. The fraction of sp³-hybridized carbons (Fsp3) is 0.0526. The molecule has 0 saturated carbocycles. The summed E-state index contributed by atoms with van der Waals surface area (Å²) in [6.45, 7) is 0. The lowest BCUT2D eigenvalue weighted by atomic mass is 10.0. The van der Waals surface area contributed by atoms with E-state index >= 15 is 0 Å². The normalized spacial score (nSPS) is 12.9. The number of nitrogens with zero attached hydrogens (tertiary/aromatic N) is 1. The summed E-state index contributed by atoms with van der Waals surface area (Å²) in [6, 6.07) is 12.2. The van der Waals surface area contributed by atoms with Gasteiger partial charge in [0.15, 0.2) is 5.75 Å². The van der Waals surface area contributed by atoms with Crippen LogP contribution in [0.2, 0.25) is 0 Å². The highest BCUT2D eigenvalue weighted by molar-refractivity contribution is 6.08.